The van der Waals surface area contributed by atoms with Gasteiger partial charge >= 0.3 is 0 Å². The third-order valence-electron chi connectivity index (χ3n) is 10.3. The Morgan fingerprint density at radius 2 is 1.15 bits per heavy atom. The van der Waals surface area contributed by atoms with E-state index in [2.05, 4.69) is 102 Å². The van der Waals surface area contributed by atoms with Crippen LogP contribution in [-0.4, -0.2) is 25.8 Å². The second-order valence-electron chi connectivity index (χ2n) is 12.8. The molecular formula is C41H46Cl2N4. The van der Waals surface area contributed by atoms with E-state index in [0.29, 0.717) is 11.8 Å². The molecule has 3 aromatic heterocycles. The smallest absolute Gasteiger partial charge is 0.0771 e. The molecule has 1 aromatic carbocycles. The Balaban J connectivity index is 1.90. The quantitative estimate of drug-likeness (QED) is 0.184. The molecule has 0 radical (unpaired) electrons. The van der Waals surface area contributed by atoms with Gasteiger partial charge in [-0.1, -0.05) is 52.0 Å². The second kappa shape index (κ2) is 13.5. The maximum atomic E-state index is 6.52. The van der Waals surface area contributed by atoms with Gasteiger partial charge in [-0.15, -0.1) is 23.2 Å². The number of fused-ring (bicyclic) bond motifs is 8. The first kappa shape index (κ1) is 33.3. The summed E-state index contributed by atoms with van der Waals surface area (Å²) >= 11 is 12.8. The van der Waals surface area contributed by atoms with Crippen molar-refractivity contribution in [3.8, 4) is 11.1 Å². The first-order valence-electron chi connectivity index (χ1n) is 17.1. The first-order chi connectivity index (χ1) is 22.7. The summed E-state index contributed by atoms with van der Waals surface area (Å²) in [6.07, 6.45) is 4.33. The van der Waals surface area contributed by atoms with Crippen LogP contribution in [0.3, 0.4) is 0 Å². The van der Waals surface area contributed by atoms with Crippen LogP contribution >= 0.6 is 23.2 Å². The highest BCUT2D eigenvalue weighted by Crippen LogP contribution is 2.42. The van der Waals surface area contributed by atoms with E-state index in [-0.39, 0.29) is 0 Å². The highest BCUT2D eigenvalue weighted by molar-refractivity contribution is 6.18. The van der Waals surface area contributed by atoms with Crippen molar-refractivity contribution in [1.29, 1.82) is 0 Å². The van der Waals surface area contributed by atoms with Crippen molar-refractivity contribution in [3.63, 3.8) is 0 Å². The highest BCUT2D eigenvalue weighted by Gasteiger charge is 2.25. The van der Waals surface area contributed by atoms with Gasteiger partial charge < -0.3 is 9.97 Å². The van der Waals surface area contributed by atoms with Crippen LogP contribution in [0.5, 0.6) is 0 Å². The lowest BCUT2D eigenvalue weighted by Crippen LogP contribution is -1.97. The predicted octanol–water partition coefficient (Wildman–Crippen LogP) is 11.9. The molecular weight excluding hydrogens is 619 g/mol. The molecule has 2 aliphatic heterocycles. The molecule has 5 heterocycles. The van der Waals surface area contributed by atoms with E-state index in [1.807, 2.05) is 0 Å². The average Bonchev–Trinajstić information content (AvgIpc) is 3.76. The summed E-state index contributed by atoms with van der Waals surface area (Å²) in [6, 6.07) is 13.2. The fraction of sp³-hybridized carbons (Fsp3) is 0.366. The van der Waals surface area contributed by atoms with Gasteiger partial charge in [0.2, 0.25) is 0 Å². The van der Waals surface area contributed by atoms with Crippen LogP contribution in [0.1, 0.15) is 111 Å². The number of aromatic amines is 2. The number of allylic oxidation sites excluding steroid dienone is 4. The van der Waals surface area contributed by atoms with Crippen LogP contribution in [0.4, 0.5) is 0 Å². The number of aromatic nitrogens is 4. The zero-order valence-electron chi connectivity index (χ0n) is 29.1. The topological polar surface area (TPSA) is 57.4 Å². The van der Waals surface area contributed by atoms with Crippen LogP contribution in [-0.2, 0) is 25.1 Å². The highest BCUT2D eigenvalue weighted by atomic mass is 35.5. The maximum absolute atomic E-state index is 6.52. The summed E-state index contributed by atoms with van der Waals surface area (Å²) in [5.74, 6) is 1.01. The Morgan fingerprint density at radius 1 is 0.617 bits per heavy atom. The number of nitrogens with one attached hydrogen (secondary N) is 2. The number of rotatable bonds is 8. The standard InChI is InChI=1S/C41H46Cl2N4/c1-9-28-22(5)33-19-35-24(7)30(11-3)40(46-35)37(27-15-13-26(21-43)14-16-27)41-31(12-4)25(8)36(47-41)20-34-23(6)29(10-2)39(45-34)32(17-18-42)38(28)44-33/h13-16,19-20,44,46H,9-12,17-18,21H2,1-8H3. The van der Waals surface area contributed by atoms with Crippen molar-refractivity contribution in [1.82, 2.24) is 19.9 Å². The van der Waals surface area contributed by atoms with Crippen molar-refractivity contribution < 1.29 is 0 Å². The molecule has 0 aliphatic carbocycles. The van der Waals surface area contributed by atoms with Crippen molar-refractivity contribution >= 4 is 67.6 Å². The molecule has 6 rings (SSSR count). The van der Waals surface area contributed by atoms with E-state index >= 15 is 0 Å². The summed E-state index contributed by atoms with van der Waals surface area (Å²) in [7, 11) is 0. The SMILES string of the molecule is CCC1=C(C)c2cc3nc(c(-c4ccc(CCl)cc4)c4[nH]c(cc5[nH]c(c(CCCl)c1n2)c(CC)c5C)c(C)c4CC)C(CC)=C3C. The van der Waals surface area contributed by atoms with E-state index in [4.69, 9.17) is 33.2 Å². The minimum atomic E-state index is 0.485. The molecule has 4 nitrogen and oxygen atoms in total. The third-order valence-corrected chi connectivity index (χ3v) is 10.8. The molecule has 0 saturated heterocycles. The van der Waals surface area contributed by atoms with E-state index < -0.39 is 0 Å². The molecule has 0 amide bonds. The number of benzene rings is 1. The van der Waals surface area contributed by atoms with Gasteiger partial charge in [0.15, 0.2) is 0 Å². The molecule has 0 unspecified atom stereocenters. The normalized spacial score (nSPS) is 13.3. The largest absolute Gasteiger partial charge is 0.355 e. The molecule has 47 heavy (non-hydrogen) atoms. The van der Waals surface area contributed by atoms with Gasteiger partial charge in [-0.25, -0.2) is 9.97 Å². The molecule has 4 aromatic rings. The Morgan fingerprint density at radius 3 is 1.68 bits per heavy atom. The van der Waals surface area contributed by atoms with Gasteiger partial charge in [0.25, 0.3) is 0 Å². The summed E-state index contributed by atoms with van der Waals surface area (Å²) in [5.41, 5.74) is 23.3. The van der Waals surface area contributed by atoms with E-state index in [1.165, 1.54) is 50.1 Å². The average molecular weight is 666 g/mol. The summed E-state index contributed by atoms with van der Waals surface area (Å²) < 4.78 is 0. The summed E-state index contributed by atoms with van der Waals surface area (Å²) in [5, 5.41) is 0. The fourth-order valence-corrected chi connectivity index (χ4v) is 8.02. The van der Waals surface area contributed by atoms with Gasteiger partial charge in [-0.3, -0.25) is 0 Å². The Labute approximate surface area is 289 Å². The van der Waals surface area contributed by atoms with Crippen molar-refractivity contribution in [2.24, 2.45) is 0 Å². The van der Waals surface area contributed by atoms with Crippen LogP contribution in [0.25, 0.3) is 55.5 Å². The third kappa shape index (κ3) is 5.58. The van der Waals surface area contributed by atoms with E-state index in [9.17, 15) is 0 Å². The van der Waals surface area contributed by atoms with Gasteiger partial charge in [0.1, 0.15) is 0 Å². The Hall–Kier alpha value is -3.60. The molecule has 0 saturated carbocycles. The van der Waals surface area contributed by atoms with Crippen LogP contribution in [0.15, 0.2) is 36.4 Å². The van der Waals surface area contributed by atoms with E-state index in [0.717, 1.165) is 93.6 Å². The van der Waals surface area contributed by atoms with Crippen molar-refractivity contribution in [2.45, 2.75) is 93.4 Å². The maximum Gasteiger partial charge on any atom is 0.0771 e. The van der Waals surface area contributed by atoms with Crippen molar-refractivity contribution in [2.75, 3.05) is 5.88 Å². The molecule has 6 heteroatoms. The van der Waals surface area contributed by atoms with Gasteiger partial charge in [0.05, 0.1) is 28.3 Å². The zero-order valence-corrected chi connectivity index (χ0v) is 30.6. The molecule has 0 fully saturated rings. The van der Waals surface area contributed by atoms with Crippen LogP contribution in [0.2, 0.25) is 0 Å². The molecule has 2 aliphatic rings. The Kier molecular flexibility index (Phi) is 9.56. The second-order valence-corrected chi connectivity index (χ2v) is 13.4. The number of hydrogen-bond acceptors (Lipinski definition) is 2. The lowest BCUT2D eigenvalue weighted by Gasteiger charge is -2.10. The minimum absolute atomic E-state index is 0.485. The zero-order chi connectivity index (χ0) is 33.6. The summed E-state index contributed by atoms with van der Waals surface area (Å²) in [4.78, 5) is 18.7. The number of hydrogen-bond donors (Lipinski definition) is 2. The van der Waals surface area contributed by atoms with Gasteiger partial charge in [0, 0.05) is 39.4 Å². The lowest BCUT2D eigenvalue weighted by atomic mass is 9.94. The first-order valence-corrected chi connectivity index (χ1v) is 18.2. The van der Waals surface area contributed by atoms with Crippen LogP contribution in [0, 0.1) is 13.8 Å². The van der Waals surface area contributed by atoms with Crippen LogP contribution < -0.4 is 0 Å². The minimum Gasteiger partial charge on any atom is -0.355 e. The van der Waals surface area contributed by atoms with Crippen molar-refractivity contribution in [3.05, 3.63) is 92.6 Å². The number of aryl methyl sites for hydroxylation is 5. The van der Waals surface area contributed by atoms with Gasteiger partial charge in [-0.2, -0.15) is 0 Å². The predicted molar refractivity (Wildman–Crippen MR) is 204 cm³/mol. The molecule has 0 atom stereocenters. The van der Waals surface area contributed by atoms with E-state index in [1.54, 1.807) is 0 Å². The molecule has 244 valence electrons. The summed E-state index contributed by atoms with van der Waals surface area (Å²) in [6.45, 7) is 17.9. The lowest BCUT2D eigenvalue weighted by molar-refractivity contribution is 1.08. The fourth-order valence-electron chi connectivity index (χ4n) is 7.65. The molecule has 8 bridgehead atoms. The monoisotopic (exact) mass is 664 g/mol. The molecule has 0 spiro atoms. The number of H-pyrrole nitrogens is 2. The number of nitrogens with zero attached hydrogens (tertiary/aromatic N) is 2. The number of alkyl halides is 2. The molecule has 2 N–H and O–H groups in total. The Bertz CT molecular complexity index is 2110. The van der Waals surface area contributed by atoms with Gasteiger partial charge in [-0.05, 0) is 128 Å². The number of halogens is 2.